The molecule has 4 heteroatoms. The fourth-order valence-corrected chi connectivity index (χ4v) is 1.87. The quantitative estimate of drug-likeness (QED) is 0.595. The van der Waals surface area contributed by atoms with Gasteiger partial charge in [0.25, 0.3) is 0 Å². The lowest BCUT2D eigenvalue weighted by Gasteiger charge is -2.03. The number of aromatic nitrogens is 2. The predicted molar refractivity (Wildman–Crippen MR) is 65.2 cm³/mol. The zero-order valence-electron chi connectivity index (χ0n) is 7.11. The number of hydrogen-bond donors (Lipinski definition) is 0. The number of nitrogens with zero attached hydrogens (tertiary/aromatic N) is 2. The third-order valence-electron chi connectivity index (χ3n) is 1.79. The van der Waals surface area contributed by atoms with Crippen molar-refractivity contribution in [3.05, 3.63) is 45.4 Å². The van der Waals surface area contributed by atoms with E-state index in [2.05, 4.69) is 32.6 Å². The summed E-state index contributed by atoms with van der Waals surface area (Å²) >= 11 is 8.06. The Hall–Kier alpha value is -0.680. The van der Waals surface area contributed by atoms with Crippen LogP contribution in [-0.2, 0) is 0 Å². The van der Waals surface area contributed by atoms with Crippen molar-refractivity contribution in [1.29, 1.82) is 0 Å². The van der Waals surface area contributed by atoms with E-state index in [0.717, 1.165) is 14.8 Å². The van der Waals surface area contributed by atoms with Crippen molar-refractivity contribution >= 4 is 34.2 Å². The molecule has 0 spiro atoms. The van der Waals surface area contributed by atoms with E-state index in [1.807, 2.05) is 30.3 Å². The number of rotatable bonds is 1. The first kappa shape index (κ1) is 9.86. The summed E-state index contributed by atoms with van der Waals surface area (Å²) in [5.74, 6) is 0. The van der Waals surface area contributed by atoms with Gasteiger partial charge in [-0.3, -0.25) is 0 Å². The van der Waals surface area contributed by atoms with Crippen LogP contribution in [-0.4, -0.2) is 9.97 Å². The van der Waals surface area contributed by atoms with Crippen molar-refractivity contribution in [1.82, 2.24) is 9.97 Å². The van der Waals surface area contributed by atoms with Crippen LogP contribution in [0.5, 0.6) is 0 Å². The van der Waals surface area contributed by atoms with E-state index in [0.29, 0.717) is 5.15 Å². The SMILES string of the molecule is Clc1ncnc(-c2ccccc2)c1I. The van der Waals surface area contributed by atoms with Crippen LogP contribution in [0.15, 0.2) is 36.7 Å². The first-order chi connectivity index (χ1) is 6.79. The summed E-state index contributed by atoms with van der Waals surface area (Å²) in [4.78, 5) is 8.12. The summed E-state index contributed by atoms with van der Waals surface area (Å²) in [7, 11) is 0. The van der Waals surface area contributed by atoms with E-state index in [1.165, 1.54) is 6.33 Å². The molecule has 0 aliphatic carbocycles. The fourth-order valence-electron chi connectivity index (χ4n) is 1.15. The Bertz CT molecular complexity index is 445. The van der Waals surface area contributed by atoms with Crippen LogP contribution in [0.25, 0.3) is 11.3 Å². The average molecular weight is 317 g/mol. The summed E-state index contributed by atoms with van der Waals surface area (Å²) in [5.41, 5.74) is 1.94. The highest BCUT2D eigenvalue weighted by atomic mass is 127. The summed E-state index contributed by atoms with van der Waals surface area (Å²) in [5, 5.41) is 0.499. The van der Waals surface area contributed by atoms with Gasteiger partial charge in [-0.15, -0.1) is 0 Å². The van der Waals surface area contributed by atoms with Gasteiger partial charge < -0.3 is 0 Å². The van der Waals surface area contributed by atoms with Gasteiger partial charge in [0.15, 0.2) is 0 Å². The molecule has 0 bridgehead atoms. The van der Waals surface area contributed by atoms with E-state index < -0.39 is 0 Å². The number of halogens is 2. The lowest BCUT2D eigenvalue weighted by atomic mass is 10.1. The molecular weight excluding hydrogens is 310 g/mol. The molecule has 0 saturated heterocycles. The largest absolute Gasteiger partial charge is 0.235 e. The van der Waals surface area contributed by atoms with Gasteiger partial charge in [0.2, 0.25) is 0 Å². The molecule has 0 aliphatic heterocycles. The van der Waals surface area contributed by atoms with Crippen molar-refractivity contribution in [2.24, 2.45) is 0 Å². The van der Waals surface area contributed by atoms with Crippen LogP contribution < -0.4 is 0 Å². The molecule has 0 radical (unpaired) electrons. The third-order valence-corrected chi connectivity index (χ3v) is 3.42. The summed E-state index contributed by atoms with van der Waals surface area (Å²) in [6.45, 7) is 0. The zero-order valence-corrected chi connectivity index (χ0v) is 10.0. The van der Waals surface area contributed by atoms with Crippen LogP contribution >= 0.6 is 34.2 Å². The maximum absolute atomic E-state index is 5.91. The Kier molecular flexibility index (Phi) is 2.98. The molecule has 0 N–H and O–H groups in total. The minimum Gasteiger partial charge on any atom is -0.235 e. The monoisotopic (exact) mass is 316 g/mol. The number of hydrogen-bond acceptors (Lipinski definition) is 2. The Balaban J connectivity index is 2.58. The van der Waals surface area contributed by atoms with E-state index in [9.17, 15) is 0 Å². The lowest BCUT2D eigenvalue weighted by Crippen LogP contribution is -1.90. The second kappa shape index (κ2) is 4.23. The Morgan fingerprint density at radius 1 is 1.07 bits per heavy atom. The van der Waals surface area contributed by atoms with Crippen molar-refractivity contribution in [2.45, 2.75) is 0 Å². The van der Waals surface area contributed by atoms with Crippen molar-refractivity contribution < 1.29 is 0 Å². The van der Waals surface area contributed by atoms with Crippen LogP contribution in [0.3, 0.4) is 0 Å². The molecule has 1 aromatic carbocycles. The maximum Gasteiger partial charge on any atom is 0.146 e. The molecule has 0 amide bonds. The van der Waals surface area contributed by atoms with Gasteiger partial charge in [0, 0.05) is 5.56 Å². The second-order valence-corrected chi connectivity index (χ2v) is 4.13. The smallest absolute Gasteiger partial charge is 0.146 e. The molecule has 2 aromatic rings. The first-order valence-corrected chi connectivity index (χ1v) is 5.46. The summed E-state index contributed by atoms with van der Waals surface area (Å²) < 4.78 is 0.887. The van der Waals surface area contributed by atoms with E-state index >= 15 is 0 Å². The molecule has 0 aliphatic rings. The molecule has 70 valence electrons. The van der Waals surface area contributed by atoms with Gasteiger partial charge in [0.1, 0.15) is 11.5 Å². The van der Waals surface area contributed by atoms with Crippen molar-refractivity contribution in [3.8, 4) is 11.3 Å². The molecule has 14 heavy (non-hydrogen) atoms. The minimum absolute atomic E-state index is 0.499. The Morgan fingerprint density at radius 2 is 1.79 bits per heavy atom. The highest BCUT2D eigenvalue weighted by Crippen LogP contribution is 2.26. The van der Waals surface area contributed by atoms with Gasteiger partial charge in [-0.1, -0.05) is 41.9 Å². The molecule has 0 fully saturated rings. The third kappa shape index (κ3) is 1.88. The molecule has 2 rings (SSSR count). The highest BCUT2D eigenvalue weighted by molar-refractivity contribution is 14.1. The van der Waals surface area contributed by atoms with E-state index in [-0.39, 0.29) is 0 Å². The van der Waals surface area contributed by atoms with Crippen molar-refractivity contribution in [2.75, 3.05) is 0 Å². The predicted octanol–water partition coefficient (Wildman–Crippen LogP) is 3.40. The topological polar surface area (TPSA) is 25.8 Å². The molecule has 0 saturated carbocycles. The second-order valence-electron chi connectivity index (χ2n) is 2.69. The van der Waals surface area contributed by atoms with Gasteiger partial charge in [-0.2, -0.15) is 0 Å². The van der Waals surface area contributed by atoms with Gasteiger partial charge in [0.05, 0.1) is 9.26 Å². The molecule has 0 unspecified atom stereocenters. The summed E-state index contributed by atoms with van der Waals surface area (Å²) in [6.07, 6.45) is 1.48. The van der Waals surface area contributed by atoms with Crippen LogP contribution in [0.1, 0.15) is 0 Å². The van der Waals surface area contributed by atoms with Crippen LogP contribution in [0.2, 0.25) is 5.15 Å². The van der Waals surface area contributed by atoms with Crippen LogP contribution in [0, 0.1) is 3.57 Å². The maximum atomic E-state index is 5.91. The first-order valence-electron chi connectivity index (χ1n) is 4.00. The Labute approximate surface area is 100 Å². The molecule has 2 nitrogen and oxygen atoms in total. The van der Waals surface area contributed by atoms with Crippen molar-refractivity contribution in [3.63, 3.8) is 0 Å². The highest BCUT2D eigenvalue weighted by Gasteiger charge is 2.07. The van der Waals surface area contributed by atoms with E-state index in [4.69, 9.17) is 11.6 Å². The van der Waals surface area contributed by atoms with E-state index in [1.54, 1.807) is 0 Å². The molecule has 1 aromatic heterocycles. The normalized spacial score (nSPS) is 10.1. The Morgan fingerprint density at radius 3 is 2.50 bits per heavy atom. The lowest BCUT2D eigenvalue weighted by molar-refractivity contribution is 1.15. The van der Waals surface area contributed by atoms with Gasteiger partial charge in [-0.05, 0) is 22.6 Å². The van der Waals surface area contributed by atoms with Gasteiger partial charge >= 0.3 is 0 Å². The minimum atomic E-state index is 0.499. The summed E-state index contributed by atoms with van der Waals surface area (Å²) in [6, 6.07) is 9.92. The standard InChI is InChI=1S/C10H6ClIN2/c11-10-8(12)9(13-6-14-10)7-4-2-1-3-5-7/h1-6H. The average Bonchev–Trinajstić information content (AvgIpc) is 2.23. The fraction of sp³-hybridized carbons (Fsp3) is 0. The van der Waals surface area contributed by atoms with Gasteiger partial charge in [-0.25, -0.2) is 9.97 Å². The molecular formula is C10H6ClIN2. The molecule has 0 atom stereocenters. The zero-order chi connectivity index (χ0) is 9.97. The number of benzene rings is 1. The van der Waals surface area contributed by atoms with Crippen LogP contribution in [0.4, 0.5) is 0 Å². The molecule has 1 heterocycles.